The quantitative estimate of drug-likeness (QED) is 0.634. The monoisotopic (exact) mass is 270 g/mol. The Kier molecular flexibility index (Phi) is 5.43. The summed E-state index contributed by atoms with van der Waals surface area (Å²) in [6.07, 6.45) is 0. The summed E-state index contributed by atoms with van der Waals surface area (Å²) in [7, 11) is -1.41. The summed E-state index contributed by atoms with van der Waals surface area (Å²) < 4.78 is 14.8. The second-order valence-electron chi connectivity index (χ2n) is 4.57. The van der Waals surface area contributed by atoms with Gasteiger partial charge in [-0.3, -0.25) is 10.1 Å². The summed E-state index contributed by atoms with van der Waals surface area (Å²) in [5.74, 6) is 0.0461. The summed E-state index contributed by atoms with van der Waals surface area (Å²) in [6.45, 7) is 5.46. The number of aryl methyl sites for hydroxylation is 1. The minimum atomic E-state index is -1.41. The van der Waals surface area contributed by atoms with E-state index >= 15 is 0 Å². The van der Waals surface area contributed by atoms with E-state index in [9.17, 15) is 14.3 Å². The highest BCUT2D eigenvalue weighted by molar-refractivity contribution is 7.83. The molecular weight excluding hydrogens is 252 g/mol. The van der Waals surface area contributed by atoms with Crippen molar-refractivity contribution in [2.45, 2.75) is 31.7 Å². The first kappa shape index (κ1) is 14.8. The van der Waals surface area contributed by atoms with Gasteiger partial charge in [0, 0.05) is 4.92 Å². The molecule has 1 aromatic carbocycles. The van der Waals surface area contributed by atoms with Crippen LogP contribution in [0.15, 0.2) is 29.2 Å². The molecule has 0 amide bonds. The van der Waals surface area contributed by atoms with Crippen LogP contribution in [0.4, 0.5) is 0 Å². The predicted octanol–water partition coefficient (Wildman–Crippen LogP) is 1.91. The number of rotatable bonds is 6. The first-order valence-corrected chi connectivity index (χ1v) is 6.91. The minimum Gasteiger partial charge on any atom is -0.264 e. The Morgan fingerprint density at radius 2 is 1.89 bits per heavy atom. The molecule has 18 heavy (non-hydrogen) atoms. The molecule has 0 aliphatic rings. The van der Waals surface area contributed by atoms with Crippen molar-refractivity contribution in [1.29, 1.82) is 0 Å². The van der Waals surface area contributed by atoms with Crippen LogP contribution < -0.4 is 4.72 Å². The lowest BCUT2D eigenvalue weighted by atomic mass is 10.1. The number of hydrogen-bond acceptors (Lipinski definition) is 3. The third kappa shape index (κ3) is 4.54. The molecular formula is C12H18N2O3S. The van der Waals surface area contributed by atoms with Crippen molar-refractivity contribution < 1.29 is 9.13 Å². The Hall–Kier alpha value is -1.27. The van der Waals surface area contributed by atoms with Crippen LogP contribution in [-0.4, -0.2) is 21.7 Å². The summed E-state index contributed by atoms with van der Waals surface area (Å²) in [5, 5.41) is 10.5. The highest BCUT2D eigenvalue weighted by Gasteiger charge is 2.21. The van der Waals surface area contributed by atoms with Crippen LogP contribution in [0.1, 0.15) is 19.4 Å². The Labute approximate surface area is 109 Å². The van der Waals surface area contributed by atoms with Gasteiger partial charge in [-0.15, -0.1) is 0 Å². The van der Waals surface area contributed by atoms with E-state index in [-0.39, 0.29) is 17.4 Å². The van der Waals surface area contributed by atoms with Gasteiger partial charge in [0.2, 0.25) is 6.54 Å². The van der Waals surface area contributed by atoms with Crippen LogP contribution in [-0.2, 0) is 11.0 Å². The lowest BCUT2D eigenvalue weighted by molar-refractivity contribution is -0.484. The van der Waals surface area contributed by atoms with Crippen LogP contribution in [0.2, 0.25) is 0 Å². The zero-order valence-corrected chi connectivity index (χ0v) is 11.6. The molecule has 1 unspecified atom stereocenters. The molecule has 1 aromatic rings. The molecule has 5 nitrogen and oxygen atoms in total. The summed E-state index contributed by atoms with van der Waals surface area (Å²) in [5.41, 5.74) is 1.08. The summed E-state index contributed by atoms with van der Waals surface area (Å²) in [6, 6.07) is 6.87. The van der Waals surface area contributed by atoms with Gasteiger partial charge in [0.15, 0.2) is 0 Å². The van der Waals surface area contributed by atoms with Gasteiger partial charge in [-0.25, -0.2) is 8.93 Å². The molecule has 0 saturated heterocycles. The topological polar surface area (TPSA) is 72.2 Å². The molecule has 1 N–H and O–H groups in total. The maximum Gasteiger partial charge on any atom is 0.220 e. The fourth-order valence-corrected chi connectivity index (χ4v) is 2.55. The molecule has 0 aliphatic heterocycles. The van der Waals surface area contributed by atoms with Gasteiger partial charge in [-0.05, 0) is 25.0 Å². The van der Waals surface area contributed by atoms with Crippen molar-refractivity contribution >= 4 is 11.0 Å². The van der Waals surface area contributed by atoms with E-state index in [1.807, 2.05) is 32.9 Å². The molecule has 6 heteroatoms. The van der Waals surface area contributed by atoms with Gasteiger partial charge < -0.3 is 0 Å². The second-order valence-corrected chi connectivity index (χ2v) is 5.81. The number of benzene rings is 1. The Bertz CT molecular complexity index is 431. The zero-order valence-electron chi connectivity index (χ0n) is 10.8. The fourth-order valence-electron chi connectivity index (χ4n) is 1.41. The number of nitrogens with one attached hydrogen (secondary N) is 1. The number of hydrogen-bond donors (Lipinski definition) is 1. The minimum absolute atomic E-state index is 0.0461. The van der Waals surface area contributed by atoms with E-state index in [1.54, 1.807) is 12.1 Å². The molecule has 2 atom stereocenters. The number of nitro groups is 1. The standard InChI is InChI=1S/C12H18N2O3S/c1-9(2)12(8-14(15)16)13-18(17)11-6-4-10(3)5-7-11/h4-7,9,12-13H,8H2,1-3H3/t12-,18?/m1/s1. The molecule has 1 rings (SSSR count). The Balaban J connectivity index is 2.72. The van der Waals surface area contributed by atoms with Gasteiger partial charge in [-0.2, -0.15) is 0 Å². The van der Waals surface area contributed by atoms with Crippen LogP contribution >= 0.6 is 0 Å². The maximum absolute atomic E-state index is 12.0. The molecule has 0 spiro atoms. The Morgan fingerprint density at radius 3 is 2.33 bits per heavy atom. The first-order chi connectivity index (χ1) is 8.40. The molecule has 0 saturated carbocycles. The molecule has 100 valence electrons. The number of nitrogens with zero attached hydrogens (tertiary/aromatic N) is 1. The fraction of sp³-hybridized carbons (Fsp3) is 0.500. The van der Waals surface area contributed by atoms with E-state index in [1.165, 1.54) is 0 Å². The molecule has 0 bridgehead atoms. The maximum atomic E-state index is 12.0. The van der Waals surface area contributed by atoms with E-state index in [4.69, 9.17) is 0 Å². The lowest BCUT2D eigenvalue weighted by Crippen LogP contribution is -2.40. The smallest absolute Gasteiger partial charge is 0.220 e. The van der Waals surface area contributed by atoms with Crippen molar-refractivity contribution in [2.75, 3.05) is 6.54 Å². The van der Waals surface area contributed by atoms with Gasteiger partial charge in [0.1, 0.15) is 11.0 Å². The third-order valence-corrected chi connectivity index (χ3v) is 3.86. The van der Waals surface area contributed by atoms with E-state index < -0.39 is 17.0 Å². The summed E-state index contributed by atoms with van der Waals surface area (Å²) in [4.78, 5) is 10.8. The first-order valence-electron chi connectivity index (χ1n) is 5.76. The second kappa shape index (κ2) is 6.61. The van der Waals surface area contributed by atoms with Crippen molar-refractivity contribution in [1.82, 2.24) is 4.72 Å². The molecule has 0 radical (unpaired) electrons. The van der Waals surface area contributed by atoms with Gasteiger partial charge >= 0.3 is 0 Å². The van der Waals surface area contributed by atoms with E-state index in [0.29, 0.717) is 4.90 Å². The average molecular weight is 270 g/mol. The van der Waals surface area contributed by atoms with Crippen LogP contribution in [0, 0.1) is 23.0 Å². The van der Waals surface area contributed by atoms with Gasteiger partial charge in [-0.1, -0.05) is 31.5 Å². The van der Waals surface area contributed by atoms with Crippen LogP contribution in [0.3, 0.4) is 0 Å². The average Bonchev–Trinajstić information content (AvgIpc) is 2.28. The van der Waals surface area contributed by atoms with Crippen LogP contribution in [0.25, 0.3) is 0 Å². The lowest BCUT2D eigenvalue weighted by Gasteiger charge is -2.17. The highest BCUT2D eigenvalue weighted by Crippen LogP contribution is 2.10. The molecule has 0 heterocycles. The van der Waals surface area contributed by atoms with Crippen molar-refractivity contribution in [3.63, 3.8) is 0 Å². The van der Waals surface area contributed by atoms with Gasteiger partial charge in [0.25, 0.3) is 0 Å². The van der Waals surface area contributed by atoms with Crippen LogP contribution in [0.5, 0.6) is 0 Å². The largest absolute Gasteiger partial charge is 0.264 e. The normalized spacial score (nSPS) is 14.4. The van der Waals surface area contributed by atoms with E-state index in [0.717, 1.165) is 5.56 Å². The van der Waals surface area contributed by atoms with Crippen molar-refractivity contribution in [3.05, 3.63) is 39.9 Å². The van der Waals surface area contributed by atoms with E-state index in [2.05, 4.69) is 4.72 Å². The predicted molar refractivity (Wildman–Crippen MR) is 71.2 cm³/mol. The Morgan fingerprint density at radius 1 is 1.33 bits per heavy atom. The SMILES string of the molecule is Cc1ccc(S(=O)N[C@H](C[N+](=O)[O-])C(C)C)cc1. The molecule has 0 aliphatic carbocycles. The van der Waals surface area contributed by atoms with Gasteiger partial charge in [0.05, 0.1) is 10.9 Å². The zero-order chi connectivity index (χ0) is 13.7. The molecule has 0 aromatic heterocycles. The third-order valence-electron chi connectivity index (χ3n) is 2.64. The summed E-state index contributed by atoms with van der Waals surface area (Å²) >= 11 is 0. The van der Waals surface area contributed by atoms with Crippen molar-refractivity contribution in [3.8, 4) is 0 Å². The van der Waals surface area contributed by atoms with Crippen molar-refractivity contribution in [2.24, 2.45) is 5.92 Å². The molecule has 0 fully saturated rings. The highest BCUT2D eigenvalue weighted by atomic mass is 32.2.